The first-order valence-corrected chi connectivity index (χ1v) is 9.28. The molecular formula is C19H38N2O2. The van der Waals surface area contributed by atoms with Crippen LogP contribution in [-0.4, -0.2) is 30.8 Å². The number of carbonyl (C=O) groups is 1. The van der Waals surface area contributed by atoms with E-state index in [1.165, 1.54) is 32.1 Å². The number of rotatable bonds is 5. The standard InChI is InChI=1S/C19H38N2O2/c1-18(2,3)15-9-7-10-16(12-11-15)20-13-8-14-21-17(22)23-19(4,5)6/h15-16,20H,7-14H2,1-6H3,(H,21,22). The zero-order chi connectivity index (χ0) is 17.5. The molecule has 4 heteroatoms. The molecule has 4 nitrogen and oxygen atoms in total. The van der Waals surface area contributed by atoms with Crippen LogP contribution in [0.5, 0.6) is 0 Å². The molecule has 0 aliphatic heterocycles. The van der Waals surface area contributed by atoms with E-state index in [1.54, 1.807) is 0 Å². The summed E-state index contributed by atoms with van der Waals surface area (Å²) in [6, 6.07) is 0.642. The fourth-order valence-corrected chi connectivity index (χ4v) is 3.27. The van der Waals surface area contributed by atoms with Gasteiger partial charge in [0, 0.05) is 12.6 Å². The van der Waals surface area contributed by atoms with Gasteiger partial charge >= 0.3 is 6.09 Å². The molecule has 0 bridgehead atoms. The second-order valence-electron chi connectivity index (χ2n) is 9.00. The summed E-state index contributed by atoms with van der Waals surface area (Å²) >= 11 is 0. The van der Waals surface area contributed by atoms with E-state index in [4.69, 9.17) is 4.74 Å². The predicted octanol–water partition coefficient (Wildman–Crippen LogP) is 4.49. The first-order chi connectivity index (χ1) is 10.6. The van der Waals surface area contributed by atoms with E-state index in [2.05, 4.69) is 31.4 Å². The molecule has 1 fully saturated rings. The van der Waals surface area contributed by atoms with Crippen LogP contribution in [0.15, 0.2) is 0 Å². The molecule has 1 amide bonds. The van der Waals surface area contributed by atoms with E-state index in [1.807, 2.05) is 20.8 Å². The molecule has 1 rings (SSSR count). The summed E-state index contributed by atoms with van der Waals surface area (Å²) in [4.78, 5) is 11.5. The summed E-state index contributed by atoms with van der Waals surface area (Å²) in [6.07, 6.45) is 7.21. The number of alkyl carbamates (subject to hydrolysis) is 1. The Hall–Kier alpha value is -0.770. The molecule has 1 aliphatic carbocycles. The summed E-state index contributed by atoms with van der Waals surface area (Å²) in [5.41, 5.74) is 0.0124. The van der Waals surface area contributed by atoms with Crippen molar-refractivity contribution in [1.29, 1.82) is 0 Å². The number of amides is 1. The Kier molecular flexibility index (Phi) is 7.85. The van der Waals surface area contributed by atoms with Gasteiger partial charge in [0.05, 0.1) is 0 Å². The number of ether oxygens (including phenoxy) is 1. The molecule has 1 saturated carbocycles. The third-order valence-corrected chi connectivity index (χ3v) is 4.65. The van der Waals surface area contributed by atoms with Gasteiger partial charge in [-0.25, -0.2) is 4.79 Å². The minimum Gasteiger partial charge on any atom is -0.444 e. The minimum absolute atomic E-state index is 0.319. The van der Waals surface area contributed by atoms with Crippen LogP contribution in [0.25, 0.3) is 0 Å². The highest BCUT2D eigenvalue weighted by Crippen LogP contribution is 2.36. The van der Waals surface area contributed by atoms with Crippen molar-refractivity contribution in [1.82, 2.24) is 10.6 Å². The zero-order valence-corrected chi connectivity index (χ0v) is 16.1. The molecule has 1 aliphatic rings. The zero-order valence-electron chi connectivity index (χ0n) is 16.1. The average molecular weight is 327 g/mol. The van der Waals surface area contributed by atoms with E-state index >= 15 is 0 Å². The van der Waals surface area contributed by atoms with E-state index in [0.717, 1.165) is 18.9 Å². The lowest BCUT2D eigenvalue weighted by Gasteiger charge is -2.29. The number of nitrogens with one attached hydrogen (secondary N) is 2. The molecule has 2 N–H and O–H groups in total. The summed E-state index contributed by atoms with van der Waals surface area (Å²) < 4.78 is 5.22. The van der Waals surface area contributed by atoms with Crippen LogP contribution in [0, 0.1) is 11.3 Å². The molecule has 0 aromatic heterocycles. The van der Waals surface area contributed by atoms with Crippen LogP contribution >= 0.6 is 0 Å². The Morgan fingerprint density at radius 2 is 1.70 bits per heavy atom. The summed E-state index contributed by atoms with van der Waals surface area (Å²) in [5, 5.41) is 6.48. The van der Waals surface area contributed by atoms with E-state index < -0.39 is 5.60 Å². The first-order valence-electron chi connectivity index (χ1n) is 9.28. The van der Waals surface area contributed by atoms with Crippen molar-refractivity contribution in [3.8, 4) is 0 Å². The molecule has 23 heavy (non-hydrogen) atoms. The number of carbonyl (C=O) groups excluding carboxylic acids is 1. The lowest BCUT2D eigenvalue weighted by Crippen LogP contribution is -2.35. The van der Waals surface area contributed by atoms with Crippen LogP contribution in [-0.2, 0) is 4.74 Å². The second kappa shape index (κ2) is 8.91. The van der Waals surface area contributed by atoms with Gasteiger partial charge in [0.15, 0.2) is 0 Å². The summed E-state index contributed by atoms with van der Waals surface area (Å²) in [7, 11) is 0. The largest absolute Gasteiger partial charge is 0.444 e. The highest BCUT2D eigenvalue weighted by Gasteiger charge is 2.27. The number of hydrogen-bond acceptors (Lipinski definition) is 3. The Labute approximate surface area is 143 Å². The molecule has 0 spiro atoms. The van der Waals surface area contributed by atoms with Crippen molar-refractivity contribution in [2.45, 2.75) is 91.7 Å². The summed E-state index contributed by atoms with van der Waals surface area (Å²) in [5.74, 6) is 0.850. The number of hydrogen-bond donors (Lipinski definition) is 2. The van der Waals surface area contributed by atoms with Crippen LogP contribution in [0.4, 0.5) is 4.79 Å². The van der Waals surface area contributed by atoms with Gasteiger partial charge in [0.1, 0.15) is 5.60 Å². The monoisotopic (exact) mass is 326 g/mol. The van der Waals surface area contributed by atoms with Crippen molar-refractivity contribution in [2.75, 3.05) is 13.1 Å². The second-order valence-corrected chi connectivity index (χ2v) is 9.00. The van der Waals surface area contributed by atoms with Crippen molar-refractivity contribution < 1.29 is 9.53 Å². The molecule has 136 valence electrons. The van der Waals surface area contributed by atoms with E-state index in [-0.39, 0.29) is 6.09 Å². The fraction of sp³-hybridized carbons (Fsp3) is 0.947. The SMILES string of the molecule is CC(C)(C)OC(=O)NCCCNC1CCCC(C(C)(C)C)CC1. The maximum absolute atomic E-state index is 11.5. The smallest absolute Gasteiger partial charge is 0.407 e. The van der Waals surface area contributed by atoms with Crippen LogP contribution < -0.4 is 10.6 Å². The van der Waals surface area contributed by atoms with Crippen molar-refractivity contribution in [2.24, 2.45) is 11.3 Å². The van der Waals surface area contributed by atoms with Crippen LogP contribution in [0.3, 0.4) is 0 Å². The summed E-state index contributed by atoms with van der Waals surface area (Å²) in [6.45, 7) is 14.4. The average Bonchev–Trinajstić information content (AvgIpc) is 2.61. The van der Waals surface area contributed by atoms with Gasteiger partial charge in [-0.2, -0.15) is 0 Å². The molecule has 2 atom stereocenters. The molecule has 0 heterocycles. The highest BCUT2D eigenvalue weighted by atomic mass is 16.6. The molecule has 0 aromatic carbocycles. The molecule has 0 saturated heterocycles. The van der Waals surface area contributed by atoms with Crippen molar-refractivity contribution >= 4 is 6.09 Å². The third-order valence-electron chi connectivity index (χ3n) is 4.65. The quantitative estimate of drug-likeness (QED) is 0.578. The van der Waals surface area contributed by atoms with Gasteiger partial charge in [-0.15, -0.1) is 0 Å². The van der Waals surface area contributed by atoms with Gasteiger partial charge in [-0.1, -0.05) is 27.2 Å². The lowest BCUT2D eigenvalue weighted by molar-refractivity contribution is 0.0527. The van der Waals surface area contributed by atoms with Crippen LogP contribution in [0.2, 0.25) is 0 Å². The lowest BCUT2D eigenvalue weighted by atomic mass is 9.76. The Bertz CT molecular complexity index is 355. The molecular weight excluding hydrogens is 288 g/mol. The minimum atomic E-state index is -0.424. The molecule has 2 unspecified atom stereocenters. The predicted molar refractivity (Wildman–Crippen MR) is 96.7 cm³/mol. The topological polar surface area (TPSA) is 50.4 Å². The van der Waals surface area contributed by atoms with Crippen molar-refractivity contribution in [3.05, 3.63) is 0 Å². The maximum atomic E-state index is 11.5. The van der Waals surface area contributed by atoms with E-state index in [9.17, 15) is 4.79 Å². The van der Waals surface area contributed by atoms with Gasteiger partial charge in [0.2, 0.25) is 0 Å². The Balaban J connectivity index is 2.13. The first kappa shape index (κ1) is 20.3. The van der Waals surface area contributed by atoms with Gasteiger partial charge in [0.25, 0.3) is 0 Å². The van der Waals surface area contributed by atoms with Crippen LogP contribution in [0.1, 0.15) is 80.1 Å². The van der Waals surface area contributed by atoms with Crippen molar-refractivity contribution in [3.63, 3.8) is 0 Å². The molecule has 0 radical (unpaired) electrons. The normalized spacial score (nSPS) is 23.2. The van der Waals surface area contributed by atoms with E-state index in [0.29, 0.717) is 18.0 Å². The Morgan fingerprint density at radius 3 is 2.30 bits per heavy atom. The van der Waals surface area contributed by atoms with Gasteiger partial charge in [-0.05, 0) is 70.8 Å². The van der Waals surface area contributed by atoms with Gasteiger partial charge < -0.3 is 15.4 Å². The fourth-order valence-electron chi connectivity index (χ4n) is 3.27. The Morgan fingerprint density at radius 1 is 1.00 bits per heavy atom. The highest BCUT2D eigenvalue weighted by molar-refractivity contribution is 5.67. The van der Waals surface area contributed by atoms with Gasteiger partial charge in [-0.3, -0.25) is 0 Å². The maximum Gasteiger partial charge on any atom is 0.407 e. The molecule has 0 aromatic rings. The third kappa shape index (κ3) is 9.19.